The van der Waals surface area contributed by atoms with Gasteiger partial charge in [0, 0.05) is 12.1 Å². The third kappa shape index (κ3) is 2.20. The molecule has 0 saturated heterocycles. The van der Waals surface area contributed by atoms with Crippen molar-refractivity contribution in [2.75, 3.05) is 7.11 Å². The minimum Gasteiger partial charge on any atom is -0.493 e. The Hall–Kier alpha value is -2.30. The second-order valence-electron chi connectivity index (χ2n) is 3.05. The van der Waals surface area contributed by atoms with Gasteiger partial charge in [-0.3, -0.25) is 0 Å². The summed E-state index contributed by atoms with van der Waals surface area (Å²) in [5.74, 6) is 1.64. The monoisotopic (exact) mass is 216 g/mol. The van der Waals surface area contributed by atoms with Gasteiger partial charge in [-0.2, -0.15) is 10.2 Å². The van der Waals surface area contributed by atoms with Crippen molar-refractivity contribution in [1.29, 1.82) is 0 Å². The van der Waals surface area contributed by atoms with Crippen LogP contribution in [0.1, 0.15) is 0 Å². The molecule has 0 atom stereocenters. The van der Waals surface area contributed by atoms with Gasteiger partial charge < -0.3 is 15.2 Å². The van der Waals surface area contributed by atoms with Crippen molar-refractivity contribution < 1.29 is 9.47 Å². The number of nitrogens with one attached hydrogen (secondary N) is 1. The highest BCUT2D eigenvalue weighted by atomic mass is 16.5. The maximum atomic E-state index is 7.46. The lowest BCUT2D eigenvalue weighted by Crippen LogP contribution is -1.91. The zero-order valence-electron chi connectivity index (χ0n) is 8.68. The Morgan fingerprint density at radius 1 is 1.12 bits per heavy atom. The summed E-state index contributed by atoms with van der Waals surface area (Å²) in [5, 5.41) is 7.35. The van der Waals surface area contributed by atoms with Crippen molar-refractivity contribution in [3.8, 4) is 17.2 Å². The molecule has 0 fully saturated rings. The van der Waals surface area contributed by atoms with Crippen molar-refractivity contribution in [2.45, 2.75) is 0 Å². The standard InChI is InChI=1S/C11H10N3O2/c1-15-11-6-8(12)2-3-10(11)16-9-4-5-13-14-7-9/h2-7,12H,1H3. The number of nitrogens with zero attached hydrogens (tertiary/aromatic N) is 2. The smallest absolute Gasteiger partial charge is 0.169 e. The van der Waals surface area contributed by atoms with Crippen LogP contribution in [-0.2, 0) is 0 Å². The normalized spacial score (nSPS) is 9.81. The summed E-state index contributed by atoms with van der Waals surface area (Å²) in [6.07, 6.45) is 3.05. The van der Waals surface area contributed by atoms with E-state index >= 15 is 0 Å². The van der Waals surface area contributed by atoms with Crippen LogP contribution in [0.5, 0.6) is 17.2 Å². The van der Waals surface area contributed by atoms with Gasteiger partial charge >= 0.3 is 0 Å². The molecule has 0 unspecified atom stereocenters. The van der Waals surface area contributed by atoms with Gasteiger partial charge in [-0.25, -0.2) is 0 Å². The number of methoxy groups -OCH3 is 1. The molecular weight excluding hydrogens is 206 g/mol. The van der Waals surface area contributed by atoms with E-state index in [0.29, 0.717) is 22.9 Å². The van der Waals surface area contributed by atoms with E-state index < -0.39 is 0 Å². The molecule has 1 aromatic carbocycles. The van der Waals surface area contributed by atoms with Crippen LogP contribution >= 0.6 is 0 Å². The van der Waals surface area contributed by atoms with Crippen LogP contribution in [0.3, 0.4) is 0 Å². The molecule has 0 saturated carbocycles. The number of benzene rings is 1. The molecule has 2 aromatic rings. The highest BCUT2D eigenvalue weighted by molar-refractivity contribution is 5.51. The van der Waals surface area contributed by atoms with Gasteiger partial charge in [0.05, 0.1) is 25.2 Å². The van der Waals surface area contributed by atoms with Crippen LogP contribution in [0.4, 0.5) is 5.69 Å². The van der Waals surface area contributed by atoms with Crippen LogP contribution in [0.25, 0.3) is 0 Å². The zero-order valence-corrected chi connectivity index (χ0v) is 8.68. The molecule has 1 N–H and O–H groups in total. The summed E-state index contributed by atoms with van der Waals surface area (Å²) in [4.78, 5) is 0. The Bertz CT molecular complexity index is 474. The highest BCUT2D eigenvalue weighted by Gasteiger charge is 2.06. The molecule has 1 heterocycles. The second-order valence-corrected chi connectivity index (χ2v) is 3.05. The number of hydrogen-bond donors (Lipinski definition) is 0. The van der Waals surface area contributed by atoms with Gasteiger partial charge in [-0.15, -0.1) is 0 Å². The van der Waals surface area contributed by atoms with Crippen LogP contribution in [0.2, 0.25) is 0 Å². The summed E-state index contributed by atoms with van der Waals surface area (Å²) in [7, 11) is 1.53. The third-order valence-corrected chi connectivity index (χ3v) is 1.95. The van der Waals surface area contributed by atoms with Gasteiger partial charge in [0.25, 0.3) is 0 Å². The topological polar surface area (TPSA) is 68.0 Å². The first-order valence-corrected chi connectivity index (χ1v) is 4.64. The highest BCUT2D eigenvalue weighted by Crippen LogP contribution is 2.32. The average molecular weight is 216 g/mol. The zero-order chi connectivity index (χ0) is 11.4. The van der Waals surface area contributed by atoms with Crippen LogP contribution in [-0.4, -0.2) is 17.3 Å². The lowest BCUT2D eigenvalue weighted by molar-refractivity contribution is 0.378. The Labute approximate surface area is 92.8 Å². The quantitative estimate of drug-likeness (QED) is 0.788. The van der Waals surface area contributed by atoms with Crippen molar-refractivity contribution >= 4 is 5.69 Å². The Morgan fingerprint density at radius 3 is 2.69 bits per heavy atom. The summed E-state index contributed by atoms with van der Waals surface area (Å²) < 4.78 is 10.7. The molecule has 0 aliphatic heterocycles. The van der Waals surface area contributed by atoms with E-state index in [1.165, 1.54) is 13.3 Å². The number of aromatic nitrogens is 2. The van der Waals surface area contributed by atoms with Gasteiger partial charge in [-0.1, -0.05) is 0 Å². The SMILES string of the molecule is COc1cc([NH])ccc1Oc1ccnnc1. The predicted octanol–water partition coefficient (Wildman–Crippen LogP) is 2.19. The van der Waals surface area contributed by atoms with Crippen LogP contribution < -0.4 is 15.2 Å². The molecule has 0 spiro atoms. The average Bonchev–Trinajstić information content (AvgIpc) is 2.33. The molecule has 0 aliphatic rings. The van der Waals surface area contributed by atoms with E-state index in [1.54, 1.807) is 30.5 Å². The van der Waals surface area contributed by atoms with Gasteiger partial charge in [0.1, 0.15) is 5.75 Å². The van der Waals surface area contributed by atoms with E-state index in [9.17, 15) is 0 Å². The van der Waals surface area contributed by atoms with Crippen molar-refractivity contribution in [1.82, 2.24) is 15.9 Å². The fourth-order valence-corrected chi connectivity index (χ4v) is 1.22. The number of hydrogen-bond acceptors (Lipinski definition) is 4. The Kier molecular flexibility index (Phi) is 2.86. The molecule has 0 aliphatic carbocycles. The van der Waals surface area contributed by atoms with Gasteiger partial charge in [0.2, 0.25) is 0 Å². The molecule has 81 valence electrons. The Morgan fingerprint density at radius 2 is 2.00 bits per heavy atom. The fourth-order valence-electron chi connectivity index (χ4n) is 1.22. The molecule has 0 amide bonds. The predicted molar refractivity (Wildman–Crippen MR) is 57.9 cm³/mol. The van der Waals surface area contributed by atoms with Crippen LogP contribution in [0, 0.1) is 0 Å². The van der Waals surface area contributed by atoms with E-state index in [2.05, 4.69) is 10.2 Å². The third-order valence-electron chi connectivity index (χ3n) is 1.95. The first-order chi connectivity index (χ1) is 7.79. The van der Waals surface area contributed by atoms with Crippen LogP contribution in [0.15, 0.2) is 36.7 Å². The molecule has 5 heteroatoms. The fraction of sp³-hybridized carbons (Fsp3) is 0.0909. The Balaban J connectivity index is 2.28. The molecule has 5 nitrogen and oxygen atoms in total. The minimum absolute atomic E-state index is 0.372. The van der Waals surface area contributed by atoms with E-state index in [4.69, 9.17) is 15.2 Å². The van der Waals surface area contributed by atoms with E-state index in [1.807, 2.05) is 0 Å². The molecular formula is C11H10N3O2. The first-order valence-electron chi connectivity index (χ1n) is 4.64. The first kappa shape index (κ1) is 10.2. The van der Waals surface area contributed by atoms with Gasteiger partial charge in [-0.05, 0) is 12.1 Å². The van der Waals surface area contributed by atoms with E-state index in [0.717, 1.165) is 0 Å². The largest absolute Gasteiger partial charge is 0.493 e. The summed E-state index contributed by atoms with van der Waals surface area (Å²) in [6.45, 7) is 0. The molecule has 1 aromatic heterocycles. The number of rotatable bonds is 3. The van der Waals surface area contributed by atoms with E-state index in [-0.39, 0.29) is 0 Å². The van der Waals surface area contributed by atoms with Gasteiger partial charge in [0.15, 0.2) is 11.5 Å². The molecule has 1 radical (unpaired) electrons. The van der Waals surface area contributed by atoms with Crippen molar-refractivity contribution in [3.05, 3.63) is 36.7 Å². The minimum atomic E-state index is 0.372. The number of ether oxygens (including phenoxy) is 2. The maximum absolute atomic E-state index is 7.46. The lowest BCUT2D eigenvalue weighted by Gasteiger charge is -2.09. The maximum Gasteiger partial charge on any atom is 0.169 e. The lowest BCUT2D eigenvalue weighted by atomic mass is 10.3. The molecule has 2 rings (SSSR count). The molecule has 16 heavy (non-hydrogen) atoms. The molecule has 0 bridgehead atoms. The van der Waals surface area contributed by atoms with Crippen molar-refractivity contribution in [3.63, 3.8) is 0 Å². The summed E-state index contributed by atoms with van der Waals surface area (Å²) >= 11 is 0. The summed E-state index contributed by atoms with van der Waals surface area (Å²) in [6, 6.07) is 6.60. The van der Waals surface area contributed by atoms with Crippen molar-refractivity contribution in [2.24, 2.45) is 0 Å². The second kappa shape index (κ2) is 4.48. The summed E-state index contributed by atoms with van der Waals surface area (Å²) in [5.41, 5.74) is 7.83.